The summed E-state index contributed by atoms with van der Waals surface area (Å²) in [4.78, 5) is 12.6. The number of furan rings is 4. The van der Waals surface area contributed by atoms with E-state index in [-0.39, 0.29) is 106 Å². The average molecular weight is 1840 g/mol. The van der Waals surface area contributed by atoms with E-state index in [1.54, 1.807) is 127 Å². The lowest BCUT2D eigenvalue weighted by Crippen LogP contribution is -2.32. The monoisotopic (exact) mass is 1840 g/mol. The van der Waals surface area contributed by atoms with Gasteiger partial charge in [-0.05, 0) is 203 Å². The molecule has 20 aromatic rings. The molecule has 4 atom stereocenters. The van der Waals surface area contributed by atoms with Crippen LogP contribution < -0.4 is 18.3 Å². The Morgan fingerprint density at radius 2 is 0.632 bits per heavy atom. The molecular weight excluding hydrogens is 1660 g/mol. The van der Waals surface area contributed by atoms with Crippen LogP contribution in [0.4, 0.5) is 0 Å². The number of pyridine rings is 7. The lowest BCUT2D eigenvalue weighted by Gasteiger charge is -2.21. The second-order valence-electron chi connectivity index (χ2n) is 36.1. The van der Waals surface area contributed by atoms with Gasteiger partial charge in [0.15, 0.2) is 24.8 Å². The smallest absolute Gasteiger partial charge is 0.216 e. The molecule has 0 aliphatic heterocycles. The van der Waals surface area contributed by atoms with Crippen LogP contribution in [0.5, 0.6) is 0 Å². The number of aromatic nitrogens is 7. The second-order valence-corrected chi connectivity index (χ2v) is 36.1. The van der Waals surface area contributed by atoms with Gasteiger partial charge in [0.1, 0.15) is 72.9 Å². The fraction of sp³-hybridized carbons (Fsp3) is 0.288. The van der Waals surface area contributed by atoms with E-state index in [1.807, 2.05) is 62.4 Å². The number of hydrogen-bond acceptors (Lipinski definition) is 7. The third-order valence-electron chi connectivity index (χ3n) is 27.4. The van der Waals surface area contributed by atoms with Crippen LogP contribution >= 0.6 is 0 Å². The van der Waals surface area contributed by atoms with Crippen LogP contribution in [0.25, 0.3) is 177 Å². The van der Waals surface area contributed by atoms with E-state index >= 15 is 0 Å². The molecule has 0 radical (unpaired) electrons. The molecule has 0 spiro atoms. The molecule has 4 aliphatic carbocycles. The van der Waals surface area contributed by atoms with Gasteiger partial charge < -0.3 is 17.7 Å². The summed E-state index contributed by atoms with van der Waals surface area (Å²) < 4.78 is 466. The van der Waals surface area contributed by atoms with Crippen molar-refractivity contribution in [3.8, 4) is 89.5 Å². The molecule has 0 saturated heterocycles. The van der Waals surface area contributed by atoms with Crippen LogP contribution in [-0.4, -0.2) is 15.0 Å². The maximum absolute atomic E-state index is 8.68. The van der Waals surface area contributed by atoms with Crippen LogP contribution in [0.15, 0.2) is 243 Å². The molecule has 136 heavy (non-hydrogen) atoms. The minimum atomic E-state index is -3.00. The van der Waals surface area contributed by atoms with Gasteiger partial charge in [0.2, 0.25) is 22.8 Å². The third-order valence-corrected chi connectivity index (χ3v) is 27.4. The first-order chi connectivity index (χ1) is 85.8. The van der Waals surface area contributed by atoms with Crippen molar-refractivity contribution in [2.45, 2.75) is 210 Å². The maximum Gasteiger partial charge on any atom is 0.216 e. The predicted molar refractivity (Wildman–Crippen MR) is 559 cm³/mol. The number of rotatable bonds is 8. The van der Waals surface area contributed by atoms with Crippen LogP contribution in [0, 0.1) is 55.1 Å². The molecule has 11 nitrogen and oxygen atoms in total. The Balaban J connectivity index is 0.000000139. The molecule has 9 aromatic carbocycles. The van der Waals surface area contributed by atoms with Crippen molar-refractivity contribution in [2.24, 2.45) is 28.2 Å². The van der Waals surface area contributed by atoms with E-state index in [1.165, 1.54) is 138 Å². The Hall–Kier alpha value is -13.8. The van der Waals surface area contributed by atoms with Crippen molar-refractivity contribution in [3.05, 3.63) is 337 Å². The van der Waals surface area contributed by atoms with Gasteiger partial charge in [-0.15, -0.1) is 0 Å². The van der Waals surface area contributed by atoms with E-state index in [4.69, 9.17) is 88.9 Å². The van der Waals surface area contributed by atoms with E-state index in [0.717, 1.165) is 0 Å². The Bertz CT molecular complexity index is 9850. The molecule has 680 valence electrons. The Labute approximate surface area is 872 Å². The summed E-state index contributed by atoms with van der Waals surface area (Å²) in [7, 11) is 6.51. The average Bonchev–Trinajstić information content (AvgIpc) is 1.51. The summed E-state index contributed by atoms with van der Waals surface area (Å²) >= 11 is 0. The molecule has 0 amide bonds. The highest BCUT2D eigenvalue weighted by Gasteiger charge is 2.44. The van der Waals surface area contributed by atoms with Crippen molar-refractivity contribution >= 4 is 87.8 Å². The van der Waals surface area contributed by atoms with Crippen molar-refractivity contribution in [1.29, 1.82) is 0 Å². The van der Waals surface area contributed by atoms with E-state index in [2.05, 4.69) is 15.0 Å². The first-order valence-electron chi connectivity index (χ1n) is 70.0. The van der Waals surface area contributed by atoms with Crippen molar-refractivity contribution < 1.29 is 107 Å². The standard InChI is InChI=1S/C32H32NO.3C31H31N2O/c1-18(2)23-17-33(7)26(16-20(23)4)28-19(3)12-13-22-30-27(34-31(22)28)15-14-25-29(30)21-10-8-9-11-24(21)32(25,5)6;1-17(2)23-16-33(7)26(14-19(23)4)27-18(3)8-9-20-21-10-11-25-28(30(21)34-29(20)27)22-15-32-13-12-24(22)31(25,5)6;1-17(2)23-16-33(7)26(14-19(23)4)27-18(3)8-9-20-21-10-11-24-28(30(21)34-29(20)27)22-12-13-32-15-25(22)31(24,5)6;1-17(2)23-16-33(7)25(15-19(23)4)26-18(3)10-11-20-21-12-13-24-27(29(21)34-28(20)26)22-9-8-14-32-30(22)31(24,5)6/h8-18H,1-7H3;3*8-17H,1-7H3/q4*+1/i1D3,4D3,5D3,6D3,18D;3*1D3,4D3,5D3,6D3,17D. The van der Waals surface area contributed by atoms with Crippen LogP contribution in [0.1, 0.15) is 316 Å². The topological polar surface area (TPSA) is 107 Å². The van der Waals surface area contributed by atoms with Gasteiger partial charge in [0, 0.05) is 241 Å². The lowest BCUT2D eigenvalue weighted by molar-refractivity contribution is -0.661. The maximum atomic E-state index is 8.68. The zero-order valence-corrected chi connectivity index (χ0v) is 76.1. The quantitative estimate of drug-likeness (QED) is 0.140. The number of benzene rings is 9. The molecule has 4 unspecified atom stereocenters. The van der Waals surface area contributed by atoms with Gasteiger partial charge >= 0.3 is 0 Å². The first kappa shape index (κ1) is 47.6. The highest BCUT2D eigenvalue weighted by Crippen LogP contribution is 2.59. The number of aryl methyl sites for hydroxylation is 12. The Morgan fingerprint density at radius 3 is 1.07 bits per heavy atom. The first-order valence-corrected chi connectivity index (χ1v) is 44.0. The highest BCUT2D eigenvalue weighted by molar-refractivity contribution is 6.20. The summed E-state index contributed by atoms with van der Waals surface area (Å²) in [5.74, 6) is -8.91. The summed E-state index contributed by atoms with van der Waals surface area (Å²) in [6, 6.07) is 45.5. The van der Waals surface area contributed by atoms with Gasteiger partial charge in [-0.1, -0.05) is 231 Å². The van der Waals surface area contributed by atoms with E-state index in [9.17, 15) is 0 Å². The summed E-state index contributed by atoms with van der Waals surface area (Å²) in [5, 5.41) is 4.68. The molecular formula is C125H125N7O4+4. The van der Waals surface area contributed by atoms with Gasteiger partial charge in [0.25, 0.3) is 0 Å². The summed E-state index contributed by atoms with van der Waals surface area (Å²) in [6.07, 6.45) is 12.4. The zero-order valence-electron chi connectivity index (χ0n) is 128. The minimum absolute atomic E-state index is 0.0509. The Kier molecular flexibility index (Phi) is 11.2. The second kappa shape index (κ2) is 31.9. The fourth-order valence-electron chi connectivity index (χ4n) is 20.8. The molecule has 11 aromatic heterocycles. The molecule has 0 bridgehead atoms. The SMILES string of the molecule is [2H]C([2H])([2H])c1cc(-c2c(C)ccc3c2oc2c4c(ccc23)C(C([2H])([2H])[2H])(C([2H])([2H])[2H])c2ccncc2-4)[n+](C)cc1C([2H])(C)C([2H])([2H])[2H].[2H]C([2H])([2H])c1cc(-c2c(C)ccc3c2oc2c4c(ccc23)C(C([2H])([2H])[2H])(C([2H])([2H])[2H])c2cnccc2-4)[n+](C)cc1C([2H])(C)C([2H])([2H])[2H].[2H]C([2H])([2H])c1cc(-c2c(C)ccc3c2oc2c4c(ccc23)C(C([2H])([2H])[2H])(C([2H])([2H])[2H])c2ncccc2-4)[n+](C)cc1C([2H])(C)C([2H])([2H])[2H].[2H]C([2H])([2H])c1cc(-c2c(C)ccc3c2oc2ccc4c(c23)-c2ccccc2C4(C([2H])([2H])[2H])C([2H])([2H])[2H])[n+](C)cc1C([2H])(C)C([2H])([2H])[2H]. The molecule has 11 heteroatoms. The molecule has 0 fully saturated rings. The van der Waals surface area contributed by atoms with Gasteiger partial charge in [-0.2, -0.15) is 0 Å². The Morgan fingerprint density at radius 1 is 0.294 bits per heavy atom. The van der Waals surface area contributed by atoms with E-state index < -0.39 is 155 Å². The van der Waals surface area contributed by atoms with Gasteiger partial charge in [-0.3, -0.25) is 15.0 Å². The fourth-order valence-corrected chi connectivity index (χ4v) is 20.8. The number of fused-ring (bicyclic) bond motifs is 28. The normalized spacial score (nSPS) is 23.1. The molecule has 0 N–H and O–H groups in total. The predicted octanol–water partition coefficient (Wildman–Crippen LogP) is 30.7. The molecule has 0 saturated carbocycles. The van der Waals surface area contributed by atoms with Crippen LogP contribution in [0.2, 0.25) is 0 Å². The van der Waals surface area contributed by atoms with Gasteiger partial charge in [0.05, 0.1) is 27.9 Å². The molecule has 4 aliphatic rings. The largest absolute Gasteiger partial charge is 0.455 e. The zero-order chi connectivity index (χ0) is 139. The van der Waals surface area contributed by atoms with Crippen molar-refractivity contribution in [2.75, 3.05) is 0 Å². The summed E-state index contributed by atoms with van der Waals surface area (Å²) in [6.45, 7) is -34.2. The minimum Gasteiger partial charge on any atom is -0.455 e. The van der Waals surface area contributed by atoms with Crippen LogP contribution in [-0.2, 0) is 49.9 Å². The van der Waals surface area contributed by atoms with E-state index in [0.29, 0.717) is 183 Å². The lowest BCUT2D eigenvalue weighted by atomic mass is 9.82. The molecule has 24 rings (SSSR count). The highest BCUT2D eigenvalue weighted by atomic mass is 16.3. The van der Waals surface area contributed by atoms with Crippen molar-refractivity contribution in [3.63, 3.8) is 0 Å². The molecule has 11 heterocycles. The number of hydrogen-bond donors (Lipinski definition) is 0. The van der Waals surface area contributed by atoms with Crippen LogP contribution in [0.3, 0.4) is 0 Å². The summed E-state index contributed by atoms with van der Waals surface area (Å²) in [5.41, 5.74) is 1.15. The van der Waals surface area contributed by atoms with Crippen molar-refractivity contribution in [1.82, 2.24) is 15.0 Å². The third kappa shape index (κ3) is 13.3. The van der Waals surface area contributed by atoms with Gasteiger partial charge in [-0.25, -0.2) is 18.3 Å². The number of nitrogens with zero attached hydrogens (tertiary/aromatic N) is 7.